The van der Waals surface area contributed by atoms with E-state index in [2.05, 4.69) is 0 Å². The van der Waals surface area contributed by atoms with Crippen LogP contribution in [0.2, 0.25) is 0 Å². The van der Waals surface area contributed by atoms with Crippen molar-refractivity contribution in [2.45, 2.75) is 38.5 Å². The zero-order valence-corrected chi connectivity index (χ0v) is 23.3. The van der Waals surface area contributed by atoms with Gasteiger partial charge in [0.1, 0.15) is 0 Å². The molecule has 0 aromatic rings. The molecule has 2 radical (unpaired) electrons. The number of carboxylic acid groups (broad SMARTS) is 6. The van der Waals surface area contributed by atoms with E-state index in [0.717, 1.165) is 0 Å². The Balaban J connectivity index is 0. The maximum atomic E-state index is 10.4. The first-order valence-corrected chi connectivity index (χ1v) is 11.1. The number of aliphatic carboxylic acids is 6. The molecule has 0 spiro atoms. The number of carbonyl (C=O) groups is 6. The maximum absolute atomic E-state index is 10.4. The zero-order valence-electron chi connectivity index (χ0n) is 19.8. The Morgan fingerprint density at radius 1 is 0.421 bits per heavy atom. The molecule has 0 aromatic heterocycles. The molecule has 6 atom stereocenters. The van der Waals surface area contributed by atoms with Crippen LogP contribution in [0.5, 0.6) is 0 Å². The first-order valence-electron chi connectivity index (χ1n) is 11.1. The molecule has 3 aliphatic rings. The molecule has 6 unspecified atom stereocenters. The molecule has 0 saturated carbocycles. The molecule has 14 heteroatoms. The van der Waals surface area contributed by atoms with E-state index in [1.807, 2.05) is 0 Å². The average Bonchev–Trinajstić information content (AvgIpc) is 2.84. The summed E-state index contributed by atoms with van der Waals surface area (Å²) in [6.45, 7) is 0. The van der Waals surface area contributed by atoms with E-state index in [1.54, 1.807) is 18.2 Å². The number of rotatable bonds is 6. The van der Waals surface area contributed by atoms with E-state index in [-0.39, 0.29) is 39.0 Å². The Kier molecular flexibility index (Phi) is 18.3. The molecule has 12 nitrogen and oxygen atoms in total. The second-order valence-electron chi connectivity index (χ2n) is 8.33. The van der Waals surface area contributed by atoms with Crippen molar-refractivity contribution in [1.82, 2.24) is 0 Å². The topological polar surface area (TPSA) is 241 Å². The fourth-order valence-corrected chi connectivity index (χ4v) is 4.02. The monoisotopic (exact) mass is 708 g/mol. The van der Waals surface area contributed by atoms with Crippen LogP contribution in [0.15, 0.2) is 36.5 Å². The number of carboxylic acids is 6. The zero-order chi connectivity index (χ0) is 27.4. The van der Waals surface area contributed by atoms with Crippen LogP contribution in [0.3, 0.4) is 0 Å². The minimum absolute atomic E-state index is 0. The Morgan fingerprint density at radius 2 is 0.632 bits per heavy atom. The van der Waals surface area contributed by atoms with Gasteiger partial charge in [0.15, 0.2) is 0 Å². The van der Waals surface area contributed by atoms with E-state index in [1.165, 1.54) is 18.2 Å². The molecule has 208 valence electrons. The van der Waals surface area contributed by atoms with Gasteiger partial charge in [-0.2, -0.15) is 0 Å². The first kappa shape index (κ1) is 37.4. The van der Waals surface area contributed by atoms with Gasteiger partial charge < -0.3 is 59.4 Å². The molecule has 0 aliphatic heterocycles. The van der Waals surface area contributed by atoms with Crippen LogP contribution in [0.1, 0.15) is 38.5 Å². The number of carbonyl (C=O) groups excluding carboxylic acids is 6. The Labute approximate surface area is 244 Å². The van der Waals surface area contributed by atoms with Crippen molar-refractivity contribution >= 4 is 35.8 Å². The molecular weight excluding hydrogens is 682 g/mol. The molecule has 0 amide bonds. The van der Waals surface area contributed by atoms with Gasteiger partial charge in [-0.1, -0.05) is 36.5 Å². The SMILES string of the molecule is O=C([O-])C1C=CCCC1C(=O)[O-].O=C([O-])C1C=CCCC1C(=O)[O-].O=C([O-])C1C=CCCC1C(=O)[O-].[Ru+3].[Ru+3]. The minimum atomic E-state index is -1.35. The van der Waals surface area contributed by atoms with Crippen molar-refractivity contribution in [3.05, 3.63) is 36.5 Å². The van der Waals surface area contributed by atoms with Crippen LogP contribution in [-0.2, 0) is 67.7 Å². The summed E-state index contributed by atoms with van der Waals surface area (Å²) in [7, 11) is 0. The first-order chi connectivity index (χ1) is 16.9. The van der Waals surface area contributed by atoms with E-state index in [9.17, 15) is 59.4 Å². The van der Waals surface area contributed by atoms with E-state index in [0.29, 0.717) is 38.5 Å². The standard InChI is InChI=1S/3C8H10O4.2Ru/c3*9-7(10)5-3-1-2-4-6(5)8(11)12;;/h3*1,3,5-6H,2,4H2,(H,9,10)(H,11,12);;/q;;;2*+3/p-6. The van der Waals surface area contributed by atoms with E-state index >= 15 is 0 Å². The van der Waals surface area contributed by atoms with Gasteiger partial charge in [0, 0.05) is 71.3 Å². The van der Waals surface area contributed by atoms with Crippen molar-refractivity contribution in [1.29, 1.82) is 0 Å². The minimum Gasteiger partial charge on any atom is -0.550 e. The Bertz CT molecular complexity index is 824. The fourth-order valence-electron chi connectivity index (χ4n) is 4.02. The second kappa shape index (κ2) is 18.5. The average molecular weight is 707 g/mol. The van der Waals surface area contributed by atoms with Crippen LogP contribution >= 0.6 is 0 Å². The maximum Gasteiger partial charge on any atom is 3.00 e. The van der Waals surface area contributed by atoms with Crippen LogP contribution in [-0.4, -0.2) is 35.8 Å². The Hall–Kier alpha value is -2.71. The van der Waals surface area contributed by atoms with Crippen LogP contribution in [0.4, 0.5) is 0 Å². The van der Waals surface area contributed by atoms with Crippen LogP contribution < -0.4 is 30.6 Å². The summed E-state index contributed by atoms with van der Waals surface area (Å²) in [6.07, 6.45) is 11.7. The molecule has 0 saturated heterocycles. The van der Waals surface area contributed by atoms with Crippen molar-refractivity contribution in [3.8, 4) is 0 Å². The fraction of sp³-hybridized carbons (Fsp3) is 0.500. The normalized spacial score (nSPS) is 26.8. The van der Waals surface area contributed by atoms with Gasteiger partial charge in [-0.3, -0.25) is 0 Å². The summed E-state index contributed by atoms with van der Waals surface area (Å²) in [5.41, 5.74) is 0. The molecule has 0 aromatic carbocycles. The Morgan fingerprint density at radius 3 is 0.763 bits per heavy atom. The second-order valence-corrected chi connectivity index (χ2v) is 8.33. The molecule has 0 N–H and O–H groups in total. The van der Waals surface area contributed by atoms with Gasteiger partial charge in [0.25, 0.3) is 0 Å². The summed E-state index contributed by atoms with van der Waals surface area (Å²) in [4.78, 5) is 62.5. The smallest absolute Gasteiger partial charge is 0.550 e. The summed E-state index contributed by atoms with van der Waals surface area (Å²) >= 11 is 0. The summed E-state index contributed by atoms with van der Waals surface area (Å²) in [5, 5.41) is 62.5. The number of hydrogen-bond donors (Lipinski definition) is 0. The molecule has 0 bridgehead atoms. The van der Waals surface area contributed by atoms with Gasteiger partial charge in [0.05, 0.1) is 0 Å². The van der Waals surface area contributed by atoms with E-state index in [4.69, 9.17) is 0 Å². The summed E-state index contributed by atoms with van der Waals surface area (Å²) in [5.74, 6) is -13.8. The third kappa shape index (κ3) is 11.8. The van der Waals surface area contributed by atoms with Crippen LogP contribution in [0.25, 0.3) is 0 Å². The molecular formula is C24H24O12Ru2. The van der Waals surface area contributed by atoms with Gasteiger partial charge >= 0.3 is 39.0 Å². The molecule has 0 fully saturated rings. The van der Waals surface area contributed by atoms with Gasteiger partial charge in [-0.15, -0.1) is 0 Å². The molecule has 38 heavy (non-hydrogen) atoms. The number of allylic oxidation sites excluding steroid dienone is 3. The molecule has 3 rings (SSSR count). The third-order valence-electron chi connectivity index (χ3n) is 5.99. The summed E-state index contributed by atoms with van der Waals surface area (Å²) < 4.78 is 0. The molecule has 0 heterocycles. The van der Waals surface area contributed by atoms with Crippen LogP contribution in [0, 0.1) is 35.5 Å². The third-order valence-corrected chi connectivity index (χ3v) is 5.99. The van der Waals surface area contributed by atoms with Crippen molar-refractivity contribution in [2.75, 3.05) is 0 Å². The largest absolute Gasteiger partial charge is 3.00 e. The predicted octanol–water partition coefficient (Wildman–Crippen LogP) is -5.80. The van der Waals surface area contributed by atoms with Gasteiger partial charge in [-0.25, -0.2) is 0 Å². The van der Waals surface area contributed by atoms with Gasteiger partial charge in [0.2, 0.25) is 0 Å². The van der Waals surface area contributed by atoms with Crippen molar-refractivity contribution < 1.29 is 98.4 Å². The predicted molar refractivity (Wildman–Crippen MR) is 106 cm³/mol. The number of hydrogen-bond acceptors (Lipinski definition) is 12. The van der Waals surface area contributed by atoms with E-state index < -0.39 is 71.3 Å². The molecule has 3 aliphatic carbocycles. The van der Waals surface area contributed by atoms with Gasteiger partial charge in [-0.05, 0) is 38.5 Å². The summed E-state index contributed by atoms with van der Waals surface area (Å²) in [6, 6.07) is 0. The van der Waals surface area contributed by atoms with Crippen molar-refractivity contribution in [3.63, 3.8) is 0 Å². The quantitative estimate of drug-likeness (QED) is 0.185. The van der Waals surface area contributed by atoms with Crippen molar-refractivity contribution in [2.24, 2.45) is 35.5 Å².